The fourth-order valence-electron chi connectivity index (χ4n) is 1.73. The first-order chi connectivity index (χ1) is 9.08. The SMILES string of the molecule is CCc1ccc(OC)c(-c2onc(C(=O)O)c2Br)c1. The molecule has 2 aromatic rings. The number of ether oxygens (including phenoxy) is 1. The Balaban J connectivity index is 2.60. The number of aromatic carboxylic acids is 1. The Kier molecular flexibility index (Phi) is 3.90. The molecule has 0 radical (unpaired) electrons. The number of halogens is 1. The maximum absolute atomic E-state index is 11.0. The molecule has 5 nitrogen and oxygen atoms in total. The number of hydrogen-bond donors (Lipinski definition) is 1. The molecule has 0 spiro atoms. The molecular weight excluding hydrogens is 314 g/mol. The van der Waals surface area contributed by atoms with Crippen molar-refractivity contribution < 1.29 is 19.2 Å². The van der Waals surface area contributed by atoms with Crippen molar-refractivity contribution >= 4 is 21.9 Å². The monoisotopic (exact) mass is 325 g/mol. The average molecular weight is 326 g/mol. The molecule has 1 aromatic carbocycles. The van der Waals surface area contributed by atoms with Crippen LogP contribution < -0.4 is 4.74 Å². The maximum atomic E-state index is 11.0. The molecule has 6 heteroatoms. The third-order valence-electron chi connectivity index (χ3n) is 2.75. The molecule has 0 aliphatic heterocycles. The Morgan fingerprint density at radius 1 is 1.53 bits per heavy atom. The number of nitrogens with zero attached hydrogens (tertiary/aromatic N) is 1. The summed E-state index contributed by atoms with van der Waals surface area (Å²) >= 11 is 3.21. The van der Waals surface area contributed by atoms with Gasteiger partial charge in [-0.3, -0.25) is 0 Å². The van der Waals surface area contributed by atoms with Crippen LogP contribution in [0.15, 0.2) is 27.2 Å². The largest absolute Gasteiger partial charge is 0.496 e. The van der Waals surface area contributed by atoms with Crippen molar-refractivity contribution in [3.8, 4) is 17.1 Å². The second-order valence-electron chi connectivity index (χ2n) is 3.87. The van der Waals surface area contributed by atoms with Gasteiger partial charge in [0, 0.05) is 0 Å². The van der Waals surface area contributed by atoms with Gasteiger partial charge >= 0.3 is 5.97 Å². The third-order valence-corrected chi connectivity index (χ3v) is 3.49. The summed E-state index contributed by atoms with van der Waals surface area (Å²) < 4.78 is 10.7. The van der Waals surface area contributed by atoms with Crippen LogP contribution in [0, 0.1) is 0 Å². The molecule has 19 heavy (non-hydrogen) atoms. The number of benzene rings is 1. The van der Waals surface area contributed by atoms with Gasteiger partial charge in [0.15, 0.2) is 5.76 Å². The minimum atomic E-state index is -1.15. The zero-order valence-corrected chi connectivity index (χ0v) is 12.0. The van der Waals surface area contributed by atoms with E-state index in [-0.39, 0.29) is 5.69 Å². The molecule has 0 amide bonds. The number of carbonyl (C=O) groups is 1. The van der Waals surface area contributed by atoms with E-state index in [0.29, 0.717) is 21.5 Å². The third kappa shape index (κ3) is 2.49. The van der Waals surface area contributed by atoms with Crippen molar-refractivity contribution in [3.63, 3.8) is 0 Å². The van der Waals surface area contributed by atoms with Crippen LogP contribution in [0.1, 0.15) is 23.0 Å². The molecule has 0 bridgehead atoms. The van der Waals surface area contributed by atoms with E-state index >= 15 is 0 Å². The zero-order valence-electron chi connectivity index (χ0n) is 10.4. The summed E-state index contributed by atoms with van der Waals surface area (Å²) in [5.41, 5.74) is 1.61. The van der Waals surface area contributed by atoms with Gasteiger partial charge in [-0.15, -0.1) is 0 Å². The minimum Gasteiger partial charge on any atom is -0.496 e. The topological polar surface area (TPSA) is 72.6 Å². The Bertz CT molecular complexity index is 621. The van der Waals surface area contributed by atoms with Crippen LogP contribution in [0.2, 0.25) is 0 Å². The highest BCUT2D eigenvalue weighted by molar-refractivity contribution is 9.10. The lowest BCUT2D eigenvalue weighted by Crippen LogP contribution is -1.96. The summed E-state index contributed by atoms with van der Waals surface area (Å²) in [7, 11) is 1.55. The molecule has 0 fully saturated rings. The average Bonchev–Trinajstić information content (AvgIpc) is 2.79. The molecule has 2 rings (SSSR count). The van der Waals surface area contributed by atoms with E-state index in [1.807, 2.05) is 25.1 Å². The number of rotatable bonds is 4. The molecule has 0 saturated heterocycles. The van der Waals surface area contributed by atoms with E-state index < -0.39 is 5.97 Å². The van der Waals surface area contributed by atoms with Crippen molar-refractivity contribution in [1.29, 1.82) is 0 Å². The van der Waals surface area contributed by atoms with Crippen molar-refractivity contribution in [2.45, 2.75) is 13.3 Å². The number of aromatic nitrogens is 1. The second kappa shape index (κ2) is 5.44. The highest BCUT2D eigenvalue weighted by Crippen LogP contribution is 2.37. The molecule has 0 unspecified atom stereocenters. The lowest BCUT2D eigenvalue weighted by Gasteiger charge is -2.07. The smallest absolute Gasteiger partial charge is 0.359 e. The Hall–Kier alpha value is -1.82. The van der Waals surface area contributed by atoms with E-state index in [9.17, 15) is 4.79 Å². The van der Waals surface area contributed by atoms with Crippen LogP contribution in [-0.4, -0.2) is 23.3 Å². The van der Waals surface area contributed by atoms with Crippen molar-refractivity contribution in [1.82, 2.24) is 5.16 Å². The summed E-state index contributed by atoms with van der Waals surface area (Å²) in [5.74, 6) is -0.192. The molecule has 0 saturated carbocycles. The minimum absolute atomic E-state index is 0.154. The molecule has 1 N–H and O–H groups in total. The van der Waals surface area contributed by atoms with Crippen molar-refractivity contribution in [2.24, 2.45) is 0 Å². The number of carboxylic acids is 1. The van der Waals surface area contributed by atoms with Gasteiger partial charge in [-0.1, -0.05) is 18.1 Å². The van der Waals surface area contributed by atoms with Crippen LogP contribution in [0.5, 0.6) is 5.75 Å². The standard InChI is InChI=1S/C13H12BrNO4/c1-3-7-4-5-9(18-2)8(6-7)12-10(14)11(13(16)17)15-19-12/h4-6H,3H2,1-2H3,(H,16,17). The lowest BCUT2D eigenvalue weighted by molar-refractivity contribution is 0.0685. The summed E-state index contributed by atoms with van der Waals surface area (Å²) in [6.45, 7) is 2.03. The van der Waals surface area contributed by atoms with E-state index in [2.05, 4.69) is 21.1 Å². The Morgan fingerprint density at radius 3 is 2.79 bits per heavy atom. The number of carboxylic acid groups (broad SMARTS) is 1. The molecule has 0 aliphatic rings. The lowest BCUT2D eigenvalue weighted by atomic mass is 10.1. The molecule has 0 atom stereocenters. The van der Waals surface area contributed by atoms with Crippen molar-refractivity contribution in [2.75, 3.05) is 7.11 Å². The predicted octanol–water partition coefficient (Wildman–Crippen LogP) is 3.37. The van der Waals surface area contributed by atoms with E-state index in [4.69, 9.17) is 14.4 Å². The number of methoxy groups -OCH3 is 1. The van der Waals surface area contributed by atoms with Crippen LogP contribution in [0.25, 0.3) is 11.3 Å². The molecule has 100 valence electrons. The number of hydrogen-bond acceptors (Lipinski definition) is 4. The van der Waals surface area contributed by atoms with Crippen LogP contribution >= 0.6 is 15.9 Å². The van der Waals surface area contributed by atoms with Crippen LogP contribution in [-0.2, 0) is 6.42 Å². The molecule has 1 heterocycles. The highest BCUT2D eigenvalue weighted by atomic mass is 79.9. The van der Waals surface area contributed by atoms with Crippen LogP contribution in [0.4, 0.5) is 0 Å². The first kappa shape index (κ1) is 13.6. The predicted molar refractivity (Wildman–Crippen MR) is 72.5 cm³/mol. The maximum Gasteiger partial charge on any atom is 0.359 e. The van der Waals surface area contributed by atoms with Crippen LogP contribution in [0.3, 0.4) is 0 Å². The Morgan fingerprint density at radius 2 is 2.26 bits per heavy atom. The van der Waals surface area contributed by atoms with Gasteiger partial charge in [-0.05, 0) is 40.0 Å². The summed E-state index contributed by atoms with van der Waals surface area (Å²) in [5, 5.41) is 12.5. The van der Waals surface area contributed by atoms with Crippen molar-refractivity contribution in [3.05, 3.63) is 33.9 Å². The van der Waals surface area contributed by atoms with Gasteiger partial charge in [-0.2, -0.15) is 0 Å². The van der Waals surface area contributed by atoms with Gasteiger partial charge < -0.3 is 14.4 Å². The highest BCUT2D eigenvalue weighted by Gasteiger charge is 2.22. The van der Waals surface area contributed by atoms with Gasteiger partial charge in [0.1, 0.15) is 10.2 Å². The summed E-state index contributed by atoms with van der Waals surface area (Å²) in [6, 6.07) is 5.67. The zero-order chi connectivity index (χ0) is 14.0. The molecule has 1 aromatic heterocycles. The first-order valence-corrected chi connectivity index (χ1v) is 6.43. The summed E-state index contributed by atoms with van der Waals surface area (Å²) in [4.78, 5) is 11.0. The van der Waals surface area contributed by atoms with Gasteiger partial charge in [0.05, 0.1) is 12.7 Å². The fourth-order valence-corrected chi connectivity index (χ4v) is 2.26. The Labute approximate surface area is 118 Å². The molecular formula is C13H12BrNO4. The van der Waals surface area contributed by atoms with E-state index in [0.717, 1.165) is 12.0 Å². The van der Waals surface area contributed by atoms with E-state index in [1.54, 1.807) is 7.11 Å². The first-order valence-electron chi connectivity index (χ1n) is 5.64. The number of aryl methyl sites for hydroxylation is 1. The van der Waals surface area contributed by atoms with Gasteiger partial charge in [0.25, 0.3) is 0 Å². The van der Waals surface area contributed by atoms with Gasteiger partial charge in [-0.25, -0.2) is 4.79 Å². The quantitative estimate of drug-likeness (QED) is 0.932. The molecule has 0 aliphatic carbocycles. The normalized spacial score (nSPS) is 10.5. The van der Waals surface area contributed by atoms with Gasteiger partial charge in [0.2, 0.25) is 5.69 Å². The summed E-state index contributed by atoms with van der Waals surface area (Å²) in [6.07, 6.45) is 0.856. The second-order valence-corrected chi connectivity index (χ2v) is 4.66. The van der Waals surface area contributed by atoms with E-state index in [1.165, 1.54) is 0 Å². The fraction of sp³-hybridized carbons (Fsp3) is 0.231.